The lowest BCUT2D eigenvalue weighted by molar-refractivity contribution is -0.113. The van der Waals surface area contributed by atoms with Gasteiger partial charge in [0.15, 0.2) is 0 Å². The van der Waals surface area contributed by atoms with Crippen molar-refractivity contribution >= 4 is 29.3 Å². The predicted molar refractivity (Wildman–Crippen MR) is 102 cm³/mol. The maximum atomic E-state index is 12.2. The zero-order valence-corrected chi connectivity index (χ0v) is 15.7. The molecular formula is C19H21NO5S. The molecule has 0 aromatic heterocycles. The number of ether oxygens (including phenoxy) is 3. The van der Waals surface area contributed by atoms with E-state index in [2.05, 4.69) is 5.32 Å². The van der Waals surface area contributed by atoms with Crippen molar-refractivity contribution in [1.82, 2.24) is 0 Å². The average Bonchev–Trinajstić information content (AvgIpc) is 2.67. The van der Waals surface area contributed by atoms with Gasteiger partial charge < -0.3 is 19.5 Å². The van der Waals surface area contributed by atoms with E-state index in [1.54, 1.807) is 43.5 Å². The van der Waals surface area contributed by atoms with E-state index in [1.165, 1.54) is 26.0 Å². The Morgan fingerprint density at radius 2 is 1.85 bits per heavy atom. The van der Waals surface area contributed by atoms with E-state index in [9.17, 15) is 9.59 Å². The summed E-state index contributed by atoms with van der Waals surface area (Å²) in [7, 11) is 4.45. The van der Waals surface area contributed by atoms with Crippen LogP contribution in [-0.4, -0.2) is 39.0 Å². The van der Waals surface area contributed by atoms with Gasteiger partial charge >= 0.3 is 5.97 Å². The van der Waals surface area contributed by atoms with E-state index in [1.807, 2.05) is 6.07 Å². The largest absolute Gasteiger partial charge is 0.497 e. The molecule has 0 aliphatic heterocycles. The van der Waals surface area contributed by atoms with E-state index in [0.29, 0.717) is 28.5 Å². The molecule has 6 nitrogen and oxygen atoms in total. The molecule has 0 fully saturated rings. The molecular weight excluding hydrogens is 354 g/mol. The van der Waals surface area contributed by atoms with Gasteiger partial charge in [0.05, 0.1) is 38.3 Å². The quantitative estimate of drug-likeness (QED) is 0.713. The number of benzene rings is 2. The molecule has 0 saturated carbocycles. The summed E-state index contributed by atoms with van der Waals surface area (Å²) in [5.41, 5.74) is 2.04. The number of amides is 1. The molecule has 2 rings (SSSR count). The fraction of sp³-hybridized carbons (Fsp3) is 0.263. The molecule has 2 aromatic carbocycles. The summed E-state index contributed by atoms with van der Waals surface area (Å²) in [6.45, 7) is 0. The summed E-state index contributed by atoms with van der Waals surface area (Å²) >= 11 is 1.45. The molecule has 1 N–H and O–H groups in total. The highest BCUT2D eigenvalue weighted by molar-refractivity contribution is 7.99. The number of anilines is 1. The first kappa shape index (κ1) is 19.7. The number of carbonyl (C=O) groups is 2. The van der Waals surface area contributed by atoms with Gasteiger partial charge in [0.2, 0.25) is 5.91 Å². The van der Waals surface area contributed by atoms with E-state index in [-0.39, 0.29) is 17.6 Å². The van der Waals surface area contributed by atoms with Crippen LogP contribution in [-0.2, 0) is 15.3 Å². The van der Waals surface area contributed by atoms with E-state index in [4.69, 9.17) is 14.2 Å². The van der Waals surface area contributed by atoms with Gasteiger partial charge in [-0.2, -0.15) is 0 Å². The Bertz CT molecular complexity index is 778. The number of carbonyl (C=O) groups excluding carboxylic acids is 2. The minimum atomic E-state index is -0.374. The summed E-state index contributed by atoms with van der Waals surface area (Å²) in [6, 6.07) is 12.4. The number of methoxy groups -OCH3 is 3. The number of hydrogen-bond acceptors (Lipinski definition) is 6. The Morgan fingerprint density at radius 3 is 2.54 bits per heavy atom. The van der Waals surface area contributed by atoms with Crippen molar-refractivity contribution in [3.8, 4) is 11.5 Å². The lowest BCUT2D eigenvalue weighted by Gasteiger charge is -2.11. The molecule has 0 saturated heterocycles. The third-order valence-electron chi connectivity index (χ3n) is 3.53. The lowest BCUT2D eigenvalue weighted by atomic mass is 10.1. The minimum Gasteiger partial charge on any atom is -0.497 e. The maximum absolute atomic E-state index is 12.2. The maximum Gasteiger partial charge on any atom is 0.337 e. The Labute approximate surface area is 156 Å². The third-order valence-corrected chi connectivity index (χ3v) is 4.54. The smallest absolute Gasteiger partial charge is 0.337 e. The first-order chi connectivity index (χ1) is 12.6. The van der Waals surface area contributed by atoms with Gasteiger partial charge in [-0.3, -0.25) is 4.79 Å². The van der Waals surface area contributed by atoms with Gasteiger partial charge in [-0.1, -0.05) is 12.1 Å². The summed E-state index contributed by atoms with van der Waals surface area (Å²) in [5, 5.41) is 2.82. The lowest BCUT2D eigenvalue weighted by Crippen LogP contribution is -2.15. The van der Waals surface area contributed by atoms with Crippen LogP contribution in [0.1, 0.15) is 15.9 Å². The van der Waals surface area contributed by atoms with Gasteiger partial charge in [-0.25, -0.2) is 4.79 Å². The van der Waals surface area contributed by atoms with Crippen LogP contribution in [0.25, 0.3) is 0 Å². The Balaban J connectivity index is 1.89. The highest BCUT2D eigenvalue weighted by Crippen LogP contribution is 2.29. The number of esters is 1. The van der Waals surface area contributed by atoms with Crippen molar-refractivity contribution in [2.24, 2.45) is 0 Å². The Kier molecular flexibility index (Phi) is 7.35. The second-order valence-electron chi connectivity index (χ2n) is 5.30. The van der Waals surface area contributed by atoms with Crippen molar-refractivity contribution in [1.29, 1.82) is 0 Å². The third kappa shape index (κ3) is 5.42. The zero-order chi connectivity index (χ0) is 18.9. The van der Waals surface area contributed by atoms with Crippen LogP contribution in [0.3, 0.4) is 0 Å². The standard InChI is InChI=1S/C19H21NO5S/c1-23-15-7-8-16(17(10-15)24-2)20-18(21)12-26-11-13-5-4-6-14(9-13)19(22)25-3/h4-10H,11-12H2,1-3H3,(H,20,21). The van der Waals surface area contributed by atoms with Crippen molar-refractivity contribution in [2.75, 3.05) is 32.4 Å². The van der Waals surface area contributed by atoms with Crippen LogP contribution in [0.15, 0.2) is 42.5 Å². The summed E-state index contributed by atoms with van der Waals surface area (Å²) in [4.78, 5) is 23.7. The van der Waals surface area contributed by atoms with Crippen molar-refractivity contribution < 1.29 is 23.8 Å². The number of thioether (sulfide) groups is 1. The zero-order valence-electron chi connectivity index (χ0n) is 14.9. The fourth-order valence-electron chi connectivity index (χ4n) is 2.26. The molecule has 0 aliphatic rings. The molecule has 0 unspecified atom stereocenters. The van der Waals surface area contributed by atoms with Gasteiger partial charge in [0, 0.05) is 11.8 Å². The highest BCUT2D eigenvalue weighted by Gasteiger charge is 2.10. The Hall–Kier alpha value is -2.67. The van der Waals surface area contributed by atoms with Gasteiger partial charge in [-0.15, -0.1) is 11.8 Å². The van der Waals surface area contributed by atoms with Crippen LogP contribution < -0.4 is 14.8 Å². The molecule has 0 aliphatic carbocycles. The van der Waals surface area contributed by atoms with Gasteiger partial charge in [0.25, 0.3) is 0 Å². The van der Waals surface area contributed by atoms with Crippen molar-refractivity contribution in [3.05, 3.63) is 53.6 Å². The second kappa shape index (κ2) is 9.72. The molecule has 0 bridgehead atoms. The molecule has 7 heteroatoms. The highest BCUT2D eigenvalue weighted by atomic mass is 32.2. The molecule has 2 aromatic rings. The first-order valence-corrected chi connectivity index (χ1v) is 8.99. The molecule has 0 heterocycles. The summed E-state index contributed by atoms with van der Waals surface area (Å²) in [6.07, 6.45) is 0. The van der Waals surface area contributed by atoms with Crippen LogP contribution in [0.5, 0.6) is 11.5 Å². The summed E-state index contributed by atoms with van der Waals surface area (Å²) in [5.74, 6) is 1.56. The molecule has 0 atom stereocenters. The number of hydrogen-bond donors (Lipinski definition) is 1. The van der Waals surface area contributed by atoms with Gasteiger partial charge in [-0.05, 0) is 29.8 Å². The van der Waals surface area contributed by atoms with Crippen LogP contribution in [0.2, 0.25) is 0 Å². The molecule has 26 heavy (non-hydrogen) atoms. The molecule has 138 valence electrons. The molecule has 0 radical (unpaired) electrons. The second-order valence-corrected chi connectivity index (χ2v) is 6.28. The Morgan fingerprint density at radius 1 is 1.04 bits per heavy atom. The van der Waals surface area contributed by atoms with Crippen LogP contribution in [0, 0.1) is 0 Å². The van der Waals surface area contributed by atoms with E-state index >= 15 is 0 Å². The number of nitrogens with one attached hydrogen (secondary N) is 1. The van der Waals surface area contributed by atoms with Crippen molar-refractivity contribution in [2.45, 2.75) is 5.75 Å². The number of rotatable bonds is 8. The summed E-state index contributed by atoms with van der Waals surface area (Å²) < 4.78 is 15.1. The van der Waals surface area contributed by atoms with Crippen LogP contribution in [0.4, 0.5) is 5.69 Å². The SMILES string of the molecule is COC(=O)c1cccc(CSCC(=O)Nc2ccc(OC)cc2OC)c1. The molecule has 0 spiro atoms. The normalized spacial score (nSPS) is 10.1. The van der Waals surface area contributed by atoms with Crippen LogP contribution >= 0.6 is 11.8 Å². The topological polar surface area (TPSA) is 73.9 Å². The fourth-order valence-corrected chi connectivity index (χ4v) is 3.03. The monoisotopic (exact) mass is 375 g/mol. The average molecular weight is 375 g/mol. The minimum absolute atomic E-state index is 0.136. The predicted octanol–water partition coefficient (Wildman–Crippen LogP) is 3.36. The molecule has 1 amide bonds. The van der Waals surface area contributed by atoms with E-state index < -0.39 is 0 Å². The van der Waals surface area contributed by atoms with E-state index in [0.717, 1.165) is 5.56 Å². The van der Waals surface area contributed by atoms with Gasteiger partial charge in [0.1, 0.15) is 11.5 Å². The van der Waals surface area contributed by atoms with Crippen molar-refractivity contribution in [3.63, 3.8) is 0 Å². The first-order valence-electron chi connectivity index (χ1n) is 7.84.